The summed E-state index contributed by atoms with van der Waals surface area (Å²) in [5.74, 6) is -2.15. The first-order chi connectivity index (χ1) is 9.38. The standard InChI is InChI=1S/C14H11ClF2N2O/c1-7-4-9(18)6-10(13(7)17)14(20)19-12-5-8(15)2-3-11(12)16/h2-6H,18H2,1H3,(H,19,20). The van der Waals surface area contributed by atoms with E-state index in [0.717, 1.165) is 6.07 Å². The lowest BCUT2D eigenvalue weighted by Gasteiger charge is -2.09. The summed E-state index contributed by atoms with van der Waals surface area (Å²) in [6.07, 6.45) is 0. The van der Waals surface area contributed by atoms with Crippen LogP contribution in [0.25, 0.3) is 0 Å². The maximum Gasteiger partial charge on any atom is 0.258 e. The number of carbonyl (C=O) groups excluding carboxylic acids is 1. The van der Waals surface area contributed by atoms with Crippen molar-refractivity contribution in [2.45, 2.75) is 6.92 Å². The monoisotopic (exact) mass is 296 g/mol. The van der Waals surface area contributed by atoms with Gasteiger partial charge in [0, 0.05) is 10.7 Å². The lowest BCUT2D eigenvalue weighted by Crippen LogP contribution is -2.16. The van der Waals surface area contributed by atoms with Crippen molar-refractivity contribution >= 4 is 28.9 Å². The van der Waals surface area contributed by atoms with Gasteiger partial charge in [0.2, 0.25) is 0 Å². The highest BCUT2D eigenvalue weighted by molar-refractivity contribution is 6.31. The van der Waals surface area contributed by atoms with Crippen LogP contribution < -0.4 is 11.1 Å². The molecule has 0 aliphatic rings. The molecule has 3 N–H and O–H groups in total. The third-order valence-electron chi connectivity index (χ3n) is 2.70. The zero-order valence-corrected chi connectivity index (χ0v) is 11.3. The Bertz CT molecular complexity index is 689. The Kier molecular flexibility index (Phi) is 3.90. The minimum atomic E-state index is -0.793. The van der Waals surface area contributed by atoms with E-state index in [2.05, 4.69) is 5.32 Å². The Morgan fingerprint density at radius 1 is 1.25 bits per heavy atom. The number of amides is 1. The van der Waals surface area contributed by atoms with Crippen LogP contribution in [0, 0.1) is 18.6 Å². The Labute approximate surface area is 119 Å². The zero-order chi connectivity index (χ0) is 14.9. The van der Waals surface area contributed by atoms with Crippen LogP contribution in [0.1, 0.15) is 15.9 Å². The Balaban J connectivity index is 2.35. The van der Waals surface area contributed by atoms with Crippen LogP contribution in [-0.2, 0) is 0 Å². The van der Waals surface area contributed by atoms with E-state index in [0.29, 0.717) is 0 Å². The third-order valence-corrected chi connectivity index (χ3v) is 2.93. The van der Waals surface area contributed by atoms with Gasteiger partial charge in [-0.05, 0) is 42.8 Å². The van der Waals surface area contributed by atoms with Crippen molar-refractivity contribution in [3.8, 4) is 0 Å². The summed E-state index contributed by atoms with van der Waals surface area (Å²) < 4.78 is 27.4. The van der Waals surface area contributed by atoms with Gasteiger partial charge in [-0.15, -0.1) is 0 Å². The average molecular weight is 297 g/mol. The maximum absolute atomic E-state index is 13.9. The second kappa shape index (κ2) is 5.46. The lowest BCUT2D eigenvalue weighted by atomic mass is 10.1. The largest absolute Gasteiger partial charge is 0.399 e. The summed E-state index contributed by atoms with van der Waals surface area (Å²) in [7, 11) is 0. The molecule has 0 heterocycles. The number of hydrogen-bond donors (Lipinski definition) is 2. The molecule has 1 amide bonds. The van der Waals surface area contributed by atoms with Crippen LogP contribution >= 0.6 is 11.6 Å². The minimum Gasteiger partial charge on any atom is -0.399 e. The molecule has 2 aromatic carbocycles. The second-order valence-electron chi connectivity index (χ2n) is 4.28. The number of benzene rings is 2. The SMILES string of the molecule is Cc1cc(N)cc(C(=O)Nc2cc(Cl)ccc2F)c1F. The van der Waals surface area contributed by atoms with E-state index in [1.807, 2.05) is 0 Å². The average Bonchev–Trinajstić information content (AvgIpc) is 2.38. The molecule has 0 bridgehead atoms. The quantitative estimate of drug-likeness (QED) is 0.829. The molecule has 0 saturated carbocycles. The first kappa shape index (κ1) is 14.3. The van der Waals surface area contributed by atoms with Gasteiger partial charge in [-0.2, -0.15) is 0 Å². The molecule has 2 rings (SSSR count). The molecule has 2 aromatic rings. The number of nitrogens with one attached hydrogen (secondary N) is 1. The molecule has 0 aromatic heterocycles. The van der Waals surface area contributed by atoms with Gasteiger partial charge in [0.15, 0.2) is 0 Å². The van der Waals surface area contributed by atoms with Gasteiger partial charge >= 0.3 is 0 Å². The molecule has 0 fully saturated rings. The van der Waals surface area contributed by atoms with Crippen molar-refractivity contribution in [3.05, 3.63) is 58.1 Å². The second-order valence-corrected chi connectivity index (χ2v) is 4.71. The van der Waals surface area contributed by atoms with E-state index >= 15 is 0 Å². The smallest absolute Gasteiger partial charge is 0.258 e. The van der Waals surface area contributed by atoms with E-state index in [4.69, 9.17) is 17.3 Å². The highest BCUT2D eigenvalue weighted by Crippen LogP contribution is 2.22. The van der Waals surface area contributed by atoms with Gasteiger partial charge in [-0.25, -0.2) is 8.78 Å². The first-order valence-electron chi connectivity index (χ1n) is 5.70. The summed E-state index contributed by atoms with van der Waals surface area (Å²) in [5, 5.41) is 2.52. The molecular formula is C14H11ClF2N2O. The van der Waals surface area contributed by atoms with Crippen molar-refractivity contribution < 1.29 is 13.6 Å². The fraction of sp³-hybridized carbons (Fsp3) is 0.0714. The van der Waals surface area contributed by atoms with E-state index < -0.39 is 17.5 Å². The fourth-order valence-corrected chi connectivity index (χ4v) is 1.92. The molecule has 0 aliphatic heterocycles. The number of hydrogen-bond acceptors (Lipinski definition) is 2. The molecule has 0 unspecified atom stereocenters. The predicted octanol–water partition coefficient (Wildman–Crippen LogP) is 3.76. The summed E-state index contributed by atoms with van der Waals surface area (Å²) in [6.45, 7) is 1.49. The summed E-state index contributed by atoms with van der Waals surface area (Å²) >= 11 is 5.72. The molecule has 6 heteroatoms. The number of nitrogens with two attached hydrogens (primary N) is 1. The Morgan fingerprint density at radius 2 is 1.95 bits per heavy atom. The van der Waals surface area contributed by atoms with Crippen molar-refractivity contribution in [2.24, 2.45) is 0 Å². The van der Waals surface area contributed by atoms with E-state index in [9.17, 15) is 13.6 Å². The number of aryl methyl sites for hydroxylation is 1. The van der Waals surface area contributed by atoms with Crippen LogP contribution in [0.3, 0.4) is 0 Å². The van der Waals surface area contributed by atoms with Crippen molar-refractivity contribution in [1.82, 2.24) is 0 Å². The van der Waals surface area contributed by atoms with E-state index in [1.165, 1.54) is 31.2 Å². The van der Waals surface area contributed by atoms with Crippen LogP contribution in [0.2, 0.25) is 5.02 Å². The highest BCUT2D eigenvalue weighted by atomic mass is 35.5. The predicted molar refractivity (Wildman–Crippen MR) is 74.9 cm³/mol. The maximum atomic E-state index is 13.9. The van der Waals surface area contributed by atoms with Crippen LogP contribution in [-0.4, -0.2) is 5.91 Å². The summed E-state index contributed by atoms with van der Waals surface area (Å²) in [5.41, 5.74) is 5.69. The molecule has 0 spiro atoms. The van der Waals surface area contributed by atoms with E-state index in [-0.39, 0.29) is 27.5 Å². The molecule has 3 nitrogen and oxygen atoms in total. The fourth-order valence-electron chi connectivity index (χ4n) is 1.75. The molecule has 0 radical (unpaired) electrons. The number of carbonyl (C=O) groups is 1. The highest BCUT2D eigenvalue weighted by Gasteiger charge is 2.16. The summed E-state index contributed by atoms with van der Waals surface area (Å²) in [4.78, 5) is 12.0. The van der Waals surface area contributed by atoms with Gasteiger partial charge in [0.25, 0.3) is 5.91 Å². The van der Waals surface area contributed by atoms with Crippen LogP contribution in [0.5, 0.6) is 0 Å². The molecule has 0 saturated heterocycles. The minimum absolute atomic E-state index is 0.123. The number of rotatable bonds is 2. The molecule has 0 aliphatic carbocycles. The molecule has 0 atom stereocenters. The molecule has 104 valence electrons. The number of halogens is 3. The van der Waals surface area contributed by atoms with Gasteiger partial charge in [-0.1, -0.05) is 11.6 Å². The Morgan fingerprint density at radius 3 is 2.65 bits per heavy atom. The zero-order valence-electron chi connectivity index (χ0n) is 10.5. The van der Waals surface area contributed by atoms with Crippen molar-refractivity contribution in [2.75, 3.05) is 11.1 Å². The normalized spacial score (nSPS) is 10.4. The van der Waals surface area contributed by atoms with Crippen molar-refractivity contribution in [3.63, 3.8) is 0 Å². The lowest BCUT2D eigenvalue weighted by molar-refractivity contribution is 0.102. The van der Waals surface area contributed by atoms with Gasteiger partial charge in [0.05, 0.1) is 11.3 Å². The van der Waals surface area contributed by atoms with Gasteiger partial charge in [-0.3, -0.25) is 4.79 Å². The van der Waals surface area contributed by atoms with Gasteiger partial charge in [0.1, 0.15) is 11.6 Å². The van der Waals surface area contributed by atoms with Crippen molar-refractivity contribution in [1.29, 1.82) is 0 Å². The van der Waals surface area contributed by atoms with Crippen LogP contribution in [0.4, 0.5) is 20.2 Å². The third kappa shape index (κ3) is 2.88. The summed E-state index contributed by atoms with van der Waals surface area (Å²) in [6, 6.07) is 6.30. The van der Waals surface area contributed by atoms with Crippen LogP contribution in [0.15, 0.2) is 30.3 Å². The molecule has 20 heavy (non-hydrogen) atoms. The van der Waals surface area contributed by atoms with E-state index in [1.54, 1.807) is 0 Å². The first-order valence-corrected chi connectivity index (χ1v) is 6.08. The topological polar surface area (TPSA) is 55.1 Å². The number of nitrogen functional groups attached to an aromatic ring is 1. The number of anilines is 2. The van der Waals surface area contributed by atoms with Gasteiger partial charge < -0.3 is 11.1 Å². The Hall–Kier alpha value is -2.14. The molecular weight excluding hydrogens is 286 g/mol.